The third-order valence-corrected chi connectivity index (χ3v) is 5.37. The first-order valence-corrected chi connectivity index (χ1v) is 10.2. The van der Waals surface area contributed by atoms with E-state index >= 15 is 0 Å². The Kier molecular flexibility index (Phi) is 6.12. The van der Waals surface area contributed by atoms with E-state index in [0.717, 1.165) is 36.3 Å². The smallest absolute Gasteiger partial charge is 0.260 e. The molecule has 0 spiro atoms. The van der Waals surface area contributed by atoms with Gasteiger partial charge in [-0.05, 0) is 49.6 Å². The predicted molar refractivity (Wildman–Crippen MR) is 111 cm³/mol. The van der Waals surface area contributed by atoms with Gasteiger partial charge < -0.3 is 14.1 Å². The maximum atomic E-state index is 13.1. The summed E-state index contributed by atoms with van der Waals surface area (Å²) in [5.74, 6) is 1.88. The average Bonchev–Trinajstić information content (AvgIpc) is 3.23. The van der Waals surface area contributed by atoms with Gasteiger partial charge in [0.1, 0.15) is 17.3 Å². The molecule has 0 radical (unpaired) electrons. The molecule has 1 unspecified atom stereocenters. The molecule has 5 nitrogen and oxygen atoms in total. The Morgan fingerprint density at radius 1 is 1.20 bits per heavy atom. The van der Waals surface area contributed by atoms with Crippen molar-refractivity contribution >= 4 is 5.91 Å². The molecule has 0 bridgehead atoms. The lowest BCUT2D eigenvalue weighted by atomic mass is 9.98. The second kappa shape index (κ2) is 9.11. The molecule has 2 aromatic carbocycles. The first-order valence-electron chi connectivity index (χ1n) is 10.2. The van der Waals surface area contributed by atoms with E-state index in [1.54, 1.807) is 18.3 Å². The van der Waals surface area contributed by atoms with Gasteiger partial charge in [-0.25, -0.2) is 9.37 Å². The number of aromatic nitrogens is 1. The van der Waals surface area contributed by atoms with Crippen LogP contribution in [0.2, 0.25) is 0 Å². The molecule has 1 aromatic heterocycles. The third-order valence-electron chi connectivity index (χ3n) is 5.37. The minimum atomic E-state index is -0.254. The van der Waals surface area contributed by atoms with Crippen molar-refractivity contribution in [2.45, 2.75) is 32.1 Å². The van der Waals surface area contributed by atoms with Crippen molar-refractivity contribution in [3.63, 3.8) is 0 Å². The number of rotatable bonds is 6. The summed E-state index contributed by atoms with van der Waals surface area (Å²) in [5.41, 5.74) is 2.12. The number of carbonyl (C=O) groups is 1. The summed E-state index contributed by atoms with van der Waals surface area (Å²) in [6.45, 7) is 3.33. The lowest BCUT2D eigenvalue weighted by molar-refractivity contribution is -0.134. The van der Waals surface area contributed by atoms with Gasteiger partial charge in [-0.15, -0.1) is 0 Å². The van der Waals surface area contributed by atoms with Crippen LogP contribution in [-0.4, -0.2) is 35.5 Å². The fourth-order valence-electron chi connectivity index (χ4n) is 3.67. The minimum absolute atomic E-state index is 0.0250. The monoisotopic (exact) mass is 408 g/mol. The number of halogens is 1. The van der Waals surface area contributed by atoms with E-state index in [2.05, 4.69) is 4.98 Å². The van der Waals surface area contributed by atoms with Gasteiger partial charge in [0.15, 0.2) is 12.5 Å². The van der Waals surface area contributed by atoms with Gasteiger partial charge in [0.2, 0.25) is 0 Å². The number of aryl methyl sites for hydroxylation is 1. The van der Waals surface area contributed by atoms with E-state index in [4.69, 9.17) is 9.15 Å². The van der Waals surface area contributed by atoms with Crippen LogP contribution in [0.4, 0.5) is 4.39 Å². The Hall–Kier alpha value is -3.15. The van der Waals surface area contributed by atoms with Crippen molar-refractivity contribution < 1.29 is 18.3 Å². The molecule has 2 heterocycles. The third kappa shape index (κ3) is 5.06. The number of hydrogen-bond acceptors (Lipinski definition) is 4. The molecular formula is C24H25FN2O3. The zero-order valence-corrected chi connectivity index (χ0v) is 17.0. The van der Waals surface area contributed by atoms with E-state index in [-0.39, 0.29) is 24.2 Å². The van der Waals surface area contributed by atoms with E-state index in [0.29, 0.717) is 24.6 Å². The highest BCUT2D eigenvalue weighted by Gasteiger charge is 2.28. The van der Waals surface area contributed by atoms with Gasteiger partial charge in [-0.1, -0.05) is 29.8 Å². The Bertz CT molecular complexity index is 982. The number of ether oxygens (including phenoxy) is 1. The number of amides is 1. The van der Waals surface area contributed by atoms with Crippen molar-refractivity contribution in [2.75, 3.05) is 19.7 Å². The summed E-state index contributed by atoms with van der Waals surface area (Å²) >= 11 is 0. The van der Waals surface area contributed by atoms with Gasteiger partial charge >= 0.3 is 0 Å². The molecule has 3 aromatic rings. The topological polar surface area (TPSA) is 55.6 Å². The van der Waals surface area contributed by atoms with E-state index in [1.165, 1.54) is 12.1 Å². The van der Waals surface area contributed by atoms with Gasteiger partial charge in [0, 0.05) is 19.5 Å². The molecule has 30 heavy (non-hydrogen) atoms. The Morgan fingerprint density at radius 2 is 1.97 bits per heavy atom. The van der Waals surface area contributed by atoms with Crippen LogP contribution in [-0.2, 0) is 11.2 Å². The number of hydrogen-bond donors (Lipinski definition) is 0. The maximum absolute atomic E-state index is 13.1. The molecule has 0 N–H and O–H groups in total. The van der Waals surface area contributed by atoms with Crippen LogP contribution in [0.5, 0.6) is 5.75 Å². The molecule has 0 aliphatic carbocycles. The Labute approximate surface area is 175 Å². The number of likely N-dealkylation sites (tertiary alicyclic amines) is 1. The Balaban J connectivity index is 1.33. The van der Waals surface area contributed by atoms with Crippen LogP contribution in [0.1, 0.15) is 41.5 Å². The van der Waals surface area contributed by atoms with Crippen molar-refractivity contribution in [2.24, 2.45) is 0 Å². The molecule has 4 rings (SSSR count). The molecule has 6 heteroatoms. The first kappa shape index (κ1) is 20.1. The molecule has 1 aliphatic rings. The van der Waals surface area contributed by atoms with Crippen molar-refractivity contribution in [3.05, 3.63) is 83.3 Å². The van der Waals surface area contributed by atoms with Crippen LogP contribution in [0.25, 0.3) is 0 Å². The van der Waals surface area contributed by atoms with E-state index in [1.807, 2.05) is 36.1 Å². The van der Waals surface area contributed by atoms with Crippen LogP contribution >= 0.6 is 0 Å². The summed E-state index contributed by atoms with van der Waals surface area (Å²) in [6, 6.07) is 14.0. The molecule has 156 valence electrons. The fourth-order valence-corrected chi connectivity index (χ4v) is 3.67. The van der Waals surface area contributed by atoms with E-state index in [9.17, 15) is 9.18 Å². The van der Waals surface area contributed by atoms with Crippen molar-refractivity contribution in [3.8, 4) is 5.75 Å². The number of oxazole rings is 1. The molecule has 0 saturated carbocycles. The SMILES string of the molecule is Cc1ccc(OCC(=O)N2CCCC(c3ncc(Cc4ccc(F)cc4)o3)C2)cc1. The maximum Gasteiger partial charge on any atom is 0.260 e. The van der Waals surface area contributed by atoms with Crippen molar-refractivity contribution in [1.29, 1.82) is 0 Å². The summed E-state index contributed by atoms with van der Waals surface area (Å²) in [4.78, 5) is 18.9. The highest BCUT2D eigenvalue weighted by atomic mass is 19.1. The zero-order chi connectivity index (χ0) is 20.9. The number of carbonyl (C=O) groups excluding carboxylic acids is 1. The Morgan fingerprint density at radius 3 is 2.73 bits per heavy atom. The predicted octanol–water partition coefficient (Wildman–Crippen LogP) is 4.50. The highest BCUT2D eigenvalue weighted by Crippen LogP contribution is 2.27. The normalized spacial score (nSPS) is 16.5. The zero-order valence-electron chi connectivity index (χ0n) is 17.0. The lowest BCUT2D eigenvalue weighted by Gasteiger charge is -2.31. The van der Waals surface area contributed by atoms with E-state index < -0.39 is 0 Å². The van der Waals surface area contributed by atoms with Gasteiger partial charge in [-0.3, -0.25) is 4.79 Å². The molecule has 1 atom stereocenters. The molecule has 1 amide bonds. The fraction of sp³-hybridized carbons (Fsp3) is 0.333. The number of nitrogens with zero attached hydrogens (tertiary/aromatic N) is 2. The lowest BCUT2D eigenvalue weighted by Crippen LogP contribution is -2.41. The number of benzene rings is 2. The molecular weight excluding hydrogens is 383 g/mol. The van der Waals surface area contributed by atoms with Crippen LogP contribution in [0.15, 0.2) is 59.1 Å². The second-order valence-electron chi connectivity index (χ2n) is 7.75. The average molecular weight is 408 g/mol. The summed E-state index contributed by atoms with van der Waals surface area (Å²) in [6.07, 6.45) is 4.11. The molecule has 1 saturated heterocycles. The second-order valence-corrected chi connectivity index (χ2v) is 7.75. The minimum Gasteiger partial charge on any atom is -0.484 e. The summed E-state index contributed by atoms with van der Waals surface area (Å²) in [5, 5.41) is 0. The van der Waals surface area contributed by atoms with Crippen molar-refractivity contribution in [1.82, 2.24) is 9.88 Å². The quantitative estimate of drug-likeness (QED) is 0.603. The largest absolute Gasteiger partial charge is 0.484 e. The van der Waals surface area contributed by atoms with Gasteiger partial charge in [-0.2, -0.15) is 0 Å². The summed E-state index contributed by atoms with van der Waals surface area (Å²) < 4.78 is 24.7. The number of piperidine rings is 1. The highest BCUT2D eigenvalue weighted by molar-refractivity contribution is 5.78. The first-order chi connectivity index (χ1) is 14.6. The molecule has 1 aliphatic heterocycles. The van der Waals surface area contributed by atoms with Gasteiger partial charge in [0.05, 0.1) is 12.1 Å². The van der Waals surface area contributed by atoms with Crippen LogP contribution in [0, 0.1) is 12.7 Å². The van der Waals surface area contributed by atoms with Crippen LogP contribution in [0.3, 0.4) is 0 Å². The van der Waals surface area contributed by atoms with Gasteiger partial charge in [0.25, 0.3) is 5.91 Å². The molecule has 1 fully saturated rings. The standard InChI is InChI=1S/C24H25FN2O3/c1-17-4-10-21(11-5-17)29-16-23(28)27-12-2-3-19(15-27)24-26-14-22(30-24)13-18-6-8-20(25)9-7-18/h4-11,14,19H,2-3,12-13,15-16H2,1H3. The van der Waals surface area contributed by atoms with Crippen LogP contribution < -0.4 is 4.74 Å². The summed E-state index contributed by atoms with van der Waals surface area (Å²) in [7, 11) is 0.